The fourth-order valence-electron chi connectivity index (χ4n) is 7.22. The molecule has 3 rings (SSSR count). The molecule has 0 spiro atoms. The summed E-state index contributed by atoms with van der Waals surface area (Å²) in [6, 6.07) is 13.4. The number of carbonyl (C=O) groups is 5. The molecule has 0 bridgehead atoms. The number of piperazine rings is 1. The number of aliphatic hydroxyl groups is 1. The van der Waals surface area contributed by atoms with Gasteiger partial charge in [0.15, 0.2) is 0 Å². The highest BCUT2D eigenvalue weighted by molar-refractivity contribution is 5.95. The smallest absolute Gasteiger partial charge is 0.243 e. The molecular formula is C44H73N11O6. The molecule has 340 valence electrons. The Labute approximate surface area is 361 Å². The van der Waals surface area contributed by atoms with Crippen LogP contribution in [0.25, 0.3) is 0 Å². The number of nitrogens with two attached hydrogens (primary N) is 4. The molecule has 1 heterocycles. The van der Waals surface area contributed by atoms with Crippen molar-refractivity contribution in [2.24, 2.45) is 28.9 Å². The van der Waals surface area contributed by atoms with Crippen molar-refractivity contribution in [1.82, 2.24) is 36.8 Å². The molecule has 1 aliphatic rings. The van der Waals surface area contributed by atoms with E-state index in [4.69, 9.17) is 22.9 Å². The highest BCUT2D eigenvalue weighted by atomic mass is 16.3. The Morgan fingerprint density at radius 2 is 1.18 bits per heavy atom. The maximum atomic E-state index is 14.0. The lowest BCUT2D eigenvalue weighted by atomic mass is 10.00. The minimum absolute atomic E-state index is 0.00536. The van der Waals surface area contributed by atoms with Crippen molar-refractivity contribution in [2.75, 3.05) is 45.8 Å². The lowest BCUT2D eigenvalue weighted by Gasteiger charge is -2.36. The first-order valence-electron chi connectivity index (χ1n) is 21.9. The summed E-state index contributed by atoms with van der Waals surface area (Å²) < 4.78 is 0. The van der Waals surface area contributed by atoms with Crippen molar-refractivity contribution < 1.29 is 29.1 Å². The van der Waals surface area contributed by atoms with Gasteiger partial charge in [0.05, 0.1) is 18.1 Å². The zero-order valence-electron chi connectivity index (χ0n) is 36.2. The highest BCUT2D eigenvalue weighted by Crippen LogP contribution is 2.13. The van der Waals surface area contributed by atoms with Crippen LogP contribution in [0.15, 0.2) is 60.7 Å². The van der Waals surface area contributed by atoms with Crippen molar-refractivity contribution >= 4 is 29.5 Å². The summed E-state index contributed by atoms with van der Waals surface area (Å²) in [5, 5.41) is 28.9. The zero-order valence-corrected chi connectivity index (χ0v) is 36.2. The van der Waals surface area contributed by atoms with Gasteiger partial charge in [-0.3, -0.25) is 28.9 Å². The van der Waals surface area contributed by atoms with Crippen molar-refractivity contribution in [3.63, 3.8) is 0 Å². The van der Waals surface area contributed by atoms with Gasteiger partial charge in [-0.2, -0.15) is 0 Å². The normalized spacial score (nSPS) is 16.6. The Bertz CT molecular complexity index is 1600. The van der Waals surface area contributed by atoms with Gasteiger partial charge in [0.1, 0.15) is 24.4 Å². The first-order chi connectivity index (χ1) is 29.3. The van der Waals surface area contributed by atoms with Crippen LogP contribution < -0.4 is 54.8 Å². The molecule has 17 nitrogen and oxygen atoms in total. The number of aliphatic hydroxyl groups excluding tert-OH is 1. The second-order valence-corrected chi connectivity index (χ2v) is 16.4. The summed E-state index contributed by atoms with van der Waals surface area (Å²) >= 11 is 0. The summed E-state index contributed by atoms with van der Waals surface area (Å²) in [5.41, 5.74) is 25.5. The van der Waals surface area contributed by atoms with Gasteiger partial charge in [-0.1, -0.05) is 74.5 Å². The van der Waals surface area contributed by atoms with Gasteiger partial charge in [-0.25, -0.2) is 0 Å². The van der Waals surface area contributed by atoms with Gasteiger partial charge in [0, 0.05) is 39.1 Å². The van der Waals surface area contributed by atoms with Crippen LogP contribution >= 0.6 is 0 Å². The molecule has 1 aliphatic heterocycles. The molecule has 7 atom stereocenters. The van der Waals surface area contributed by atoms with Gasteiger partial charge < -0.3 is 59.9 Å². The molecular weight excluding hydrogens is 779 g/mol. The van der Waals surface area contributed by atoms with Crippen LogP contribution in [0.5, 0.6) is 0 Å². The molecule has 0 radical (unpaired) electrons. The average molecular weight is 852 g/mol. The van der Waals surface area contributed by atoms with Crippen LogP contribution in [0.3, 0.4) is 0 Å². The van der Waals surface area contributed by atoms with E-state index in [1.807, 2.05) is 79.4 Å². The van der Waals surface area contributed by atoms with E-state index in [2.05, 4.69) is 31.9 Å². The lowest BCUT2D eigenvalue weighted by Crippen LogP contribution is -2.58. The minimum atomic E-state index is -1.03. The van der Waals surface area contributed by atoms with Gasteiger partial charge in [0.25, 0.3) is 0 Å². The number of nitrogens with zero attached hydrogens (tertiary/aromatic N) is 1. The monoisotopic (exact) mass is 852 g/mol. The molecule has 2 aromatic rings. The van der Waals surface area contributed by atoms with Crippen LogP contribution in [-0.2, 0) is 36.8 Å². The molecule has 5 amide bonds. The molecule has 1 saturated heterocycles. The Kier molecular flexibility index (Phi) is 23.5. The number of unbranched alkanes of at least 4 members (excludes halogenated alkanes) is 1. The van der Waals surface area contributed by atoms with Crippen LogP contribution in [0.4, 0.5) is 0 Å². The second kappa shape index (κ2) is 28.2. The Hall–Kier alpha value is -4.49. The Morgan fingerprint density at radius 1 is 0.639 bits per heavy atom. The van der Waals surface area contributed by atoms with Gasteiger partial charge in [0.2, 0.25) is 29.5 Å². The van der Waals surface area contributed by atoms with E-state index in [1.54, 1.807) is 0 Å². The zero-order chi connectivity index (χ0) is 44.6. The van der Waals surface area contributed by atoms with E-state index in [1.165, 1.54) is 0 Å². The van der Waals surface area contributed by atoms with Crippen LogP contribution in [-0.4, -0.2) is 128 Å². The van der Waals surface area contributed by atoms with Crippen molar-refractivity contribution in [3.05, 3.63) is 71.8 Å². The summed E-state index contributed by atoms with van der Waals surface area (Å²) in [5.74, 6) is -2.33. The SMILES string of the molecule is CC(C)C[C@@H](NC(=O)[C@@H](Cc1ccccc1)NC(=O)[C@H](N)Cc1ccccc1)C(=O)N[C@H](CCCN)C(=O)NCCCC[C@H](NC(=O)[C@H](N)CCCN)C(O)N1CCNCC1. The number of hydrogen-bond acceptors (Lipinski definition) is 12. The van der Waals surface area contributed by atoms with Gasteiger partial charge in [-0.15, -0.1) is 0 Å². The van der Waals surface area contributed by atoms with Crippen molar-refractivity contribution in [2.45, 2.75) is 121 Å². The fourth-order valence-corrected chi connectivity index (χ4v) is 7.22. The summed E-state index contributed by atoms with van der Waals surface area (Å²) in [6.07, 6.45) is 3.17. The minimum Gasteiger partial charge on any atom is -0.376 e. The molecule has 0 saturated carbocycles. The van der Waals surface area contributed by atoms with E-state index in [0.29, 0.717) is 64.7 Å². The number of rotatable bonds is 28. The quantitative estimate of drug-likeness (QED) is 0.0465. The van der Waals surface area contributed by atoms with E-state index < -0.39 is 66.1 Å². The van der Waals surface area contributed by atoms with Gasteiger partial charge >= 0.3 is 0 Å². The Balaban J connectivity index is 1.64. The molecule has 0 aromatic heterocycles. The summed E-state index contributed by atoms with van der Waals surface area (Å²) in [7, 11) is 0. The van der Waals surface area contributed by atoms with E-state index in [9.17, 15) is 29.1 Å². The molecule has 1 fully saturated rings. The highest BCUT2D eigenvalue weighted by Gasteiger charge is 2.32. The number of hydrogen-bond donors (Lipinski definition) is 11. The predicted octanol–water partition coefficient (Wildman–Crippen LogP) is -0.900. The predicted molar refractivity (Wildman–Crippen MR) is 237 cm³/mol. The van der Waals surface area contributed by atoms with E-state index in [-0.39, 0.29) is 44.1 Å². The molecule has 2 aromatic carbocycles. The standard InChI is InChI=1S/C44H73N11O6/c1-30(2)27-37(54-43(60)38(29-32-15-7-4-8-16-32)53-40(57)34(48)28-31-13-5-3-6-14-31)42(59)51-35(19-12-21-46)41(58)50-22-10-9-18-36(44(61)55-25-23-49-24-26-55)52-39(56)33(47)17-11-20-45/h3-8,13-16,30,33-38,44,49,61H,9-12,17-29,45-48H2,1-2H3,(H,50,58)(H,51,59)(H,52,56)(H,53,57)(H,54,60)/t33-,34-,35-,36+,37-,38-,44?/m1/s1. The third-order valence-corrected chi connectivity index (χ3v) is 10.7. The number of nitrogens with one attached hydrogen (secondary N) is 6. The first kappa shape index (κ1) is 50.9. The van der Waals surface area contributed by atoms with Crippen molar-refractivity contribution in [1.29, 1.82) is 0 Å². The number of carbonyl (C=O) groups excluding carboxylic acids is 5. The lowest BCUT2D eigenvalue weighted by molar-refractivity contribution is -0.134. The molecule has 15 N–H and O–H groups in total. The molecule has 0 aliphatic carbocycles. The topological polar surface area (TPSA) is 285 Å². The van der Waals surface area contributed by atoms with Gasteiger partial charge in [-0.05, 0) is 87.9 Å². The number of amides is 5. The van der Waals surface area contributed by atoms with E-state index in [0.717, 1.165) is 24.2 Å². The maximum absolute atomic E-state index is 14.0. The second-order valence-electron chi connectivity index (χ2n) is 16.4. The third-order valence-electron chi connectivity index (χ3n) is 10.7. The Morgan fingerprint density at radius 3 is 1.79 bits per heavy atom. The van der Waals surface area contributed by atoms with Crippen LogP contribution in [0.1, 0.15) is 76.3 Å². The summed E-state index contributed by atoms with van der Waals surface area (Å²) in [6.45, 7) is 7.58. The summed E-state index contributed by atoms with van der Waals surface area (Å²) in [4.78, 5) is 69.6. The maximum Gasteiger partial charge on any atom is 0.243 e. The van der Waals surface area contributed by atoms with Crippen LogP contribution in [0, 0.1) is 5.92 Å². The third kappa shape index (κ3) is 19.0. The largest absolute Gasteiger partial charge is 0.376 e. The van der Waals surface area contributed by atoms with Crippen molar-refractivity contribution in [3.8, 4) is 0 Å². The average Bonchev–Trinajstić information content (AvgIpc) is 3.26. The van der Waals surface area contributed by atoms with Crippen LogP contribution in [0.2, 0.25) is 0 Å². The first-order valence-corrected chi connectivity index (χ1v) is 21.9. The number of benzene rings is 2. The molecule has 61 heavy (non-hydrogen) atoms. The molecule has 17 heteroatoms. The fraction of sp³-hybridized carbons (Fsp3) is 0.614. The van der Waals surface area contributed by atoms with E-state index >= 15 is 0 Å². The molecule has 1 unspecified atom stereocenters.